The lowest BCUT2D eigenvalue weighted by atomic mass is 10.1. The largest absolute Gasteiger partial charge is 0.355 e. The maximum absolute atomic E-state index is 13.6. The molecule has 30 heavy (non-hydrogen) atoms. The molecule has 0 saturated carbocycles. The zero-order valence-electron chi connectivity index (χ0n) is 16.6. The number of amides is 1. The number of nitrogens with one attached hydrogen (secondary N) is 1. The van der Waals surface area contributed by atoms with Crippen LogP contribution in [0.1, 0.15) is 29.7 Å². The smallest absolute Gasteiger partial charge is 0.244 e. The van der Waals surface area contributed by atoms with Crippen LogP contribution in [-0.4, -0.2) is 31.2 Å². The highest BCUT2D eigenvalue weighted by atomic mass is 35.5. The van der Waals surface area contributed by atoms with Crippen LogP contribution in [0, 0.1) is 6.92 Å². The number of carbonyl (C=O) groups excluding carboxylic acids is 1. The lowest BCUT2D eigenvalue weighted by Crippen LogP contribution is -2.48. The van der Waals surface area contributed by atoms with Gasteiger partial charge >= 0.3 is 0 Å². The molecule has 0 spiro atoms. The summed E-state index contributed by atoms with van der Waals surface area (Å²) in [6, 6.07) is 13.4. The molecule has 1 atom stereocenters. The first-order valence-electron chi connectivity index (χ1n) is 9.90. The van der Waals surface area contributed by atoms with Crippen LogP contribution >= 0.6 is 22.9 Å². The second-order valence-electron chi connectivity index (χ2n) is 7.45. The molecule has 1 aliphatic rings. The van der Waals surface area contributed by atoms with Crippen LogP contribution in [0.4, 0.5) is 0 Å². The number of carbonyl (C=O) groups is 1. The SMILES string of the molecule is Cc1c(CN([C@@H]2CCCCNC2=O)S(=O)(=O)c2ccc(Cl)cc2)sc2ccccc12. The molecule has 1 aliphatic heterocycles. The van der Waals surface area contributed by atoms with Gasteiger partial charge in [0.25, 0.3) is 0 Å². The van der Waals surface area contributed by atoms with Crippen molar-refractivity contribution in [3.8, 4) is 0 Å². The topological polar surface area (TPSA) is 66.5 Å². The van der Waals surface area contributed by atoms with Crippen LogP contribution in [0.5, 0.6) is 0 Å². The van der Waals surface area contributed by atoms with Crippen molar-refractivity contribution in [2.45, 2.75) is 43.7 Å². The third-order valence-electron chi connectivity index (χ3n) is 5.52. The first-order valence-corrected chi connectivity index (χ1v) is 12.5. The molecule has 4 rings (SSSR count). The van der Waals surface area contributed by atoms with E-state index in [9.17, 15) is 13.2 Å². The zero-order valence-corrected chi connectivity index (χ0v) is 19.0. The summed E-state index contributed by atoms with van der Waals surface area (Å²) in [4.78, 5) is 13.9. The molecule has 5 nitrogen and oxygen atoms in total. The average Bonchev–Trinajstić information content (AvgIpc) is 2.89. The second kappa shape index (κ2) is 8.67. The fraction of sp³-hybridized carbons (Fsp3) is 0.318. The molecule has 2 aromatic carbocycles. The molecule has 158 valence electrons. The normalized spacial score (nSPS) is 17.8. The lowest BCUT2D eigenvalue weighted by molar-refractivity contribution is -0.124. The Labute approximate surface area is 185 Å². The average molecular weight is 463 g/mol. The first-order chi connectivity index (χ1) is 14.4. The molecule has 8 heteroatoms. The molecule has 1 saturated heterocycles. The van der Waals surface area contributed by atoms with Gasteiger partial charge in [-0.15, -0.1) is 11.3 Å². The highest BCUT2D eigenvalue weighted by Crippen LogP contribution is 2.34. The Bertz CT molecular complexity index is 1170. The molecule has 0 unspecified atom stereocenters. The van der Waals surface area contributed by atoms with E-state index in [-0.39, 0.29) is 17.3 Å². The molecule has 1 fully saturated rings. The molecule has 2 heterocycles. The Kier molecular flexibility index (Phi) is 6.16. The molecule has 1 aromatic heterocycles. The quantitative estimate of drug-likeness (QED) is 0.596. The maximum atomic E-state index is 13.6. The summed E-state index contributed by atoms with van der Waals surface area (Å²) in [6.07, 6.45) is 2.14. The molecular formula is C22H23ClN2O3S2. The van der Waals surface area contributed by atoms with Gasteiger partial charge in [-0.3, -0.25) is 4.79 Å². The van der Waals surface area contributed by atoms with E-state index in [1.165, 1.54) is 16.4 Å². The van der Waals surface area contributed by atoms with Gasteiger partial charge in [0.15, 0.2) is 0 Å². The maximum Gasteiger partial charge on any atom is 0.244 e. The monoisotopic (exact) mass is 462 g/mol. The van der Waals surface area contributed by atoms with Gasteiger partial charge < -0.3 is 5.32 Å². The molecule has 0 radical (unpaired) electrons. The summed E-state index contributed by atoms with van der Waals surface area (Å²) < 4.78 is 29.8. The Morgan fingerprint density at radius 2 is 1.87 bits per heavy atom. The summed E-state index contributed by atoms with van der Waals surface area (Å²) in [5, 5.41) is 4.46. The number of benzene rings is 2. The third kappa shape index (κ3) is 4.12. The summed E-state index contributed by atoms with van der Waals surface area (Å²) >= 11 is 7.54. The van der Waals surface area contributed by atoms with E-state index in [0.29, 0.717) is 18.0 Å². The molecule has 3 aromatic rings. The van der Waals surface area contributed by atoms with E-state index in [1.807, 2.05) is 31.2 Å². The number of aryl methyl sites for hydroxylation is 1. The molecular weight excluding hydrogens is 440 g/mol. The van der Waals surface area contributed by atoms with Crippen molar-refractivity contribution in [2.75, 3.05) is 6.54 Å². The number of hydrogen-bond acceptors (Lipinski definition) is 4. The van der Waals surface area contributed by atoms with Crippen molar-refractivity contribution in [3.63, 3.8) is 0 Å². The fourth-order valence-corrected chi connectivity index (χ4v) is 6.82. The standard InChI is InChI=1S/C22H23ClN2O3S2/c1-15-18-6-2-3-8-20(18)29-21(15)14-25(19-7-4-5-13-24-22(19)26)30(27,28)17-11-9-16(23)10-12-17/h2-3,6,8-12,19H,4-5,7,13-14H2,1H3,(H,24,26)/t19-/m1/s1. The summed E-state index contributed by atoms with van der Waals surface area (Å²) in [7, 11) is -3.90. The molecule has 1 amide bonds. The first kappa shape index (κ1) is 21.3. The van der Waals surface area contributed by atoms with Crippen molar-refractivity contribution in [1.82, 2.24) is 9.62 Å². The van der Waals surface area contributed by atoms with Crippen molar-refractivity contribution in [2.24, 2.45) is 0 Å². The minimum Gasteiger partial charge on any atom is -0.355 e. The number of nitrogens with zero attached hydrogens (tertiary/aromatic N) is 1. The van der Waals surface area contributed by atoms with Gasteiger partial charge in [-0.25, -0.2) is 8.42 Å². The number of hydrogen-bond donors (Lipinski definition) is 1. The van der Waals surface area contributed by atoms with Gasteiger partial charge in [0, 0.05) is 27.7 Å². The van der Waals surface area contributed by atoms with Crippen molar-refractivity contribution in [3.05, 3.63) is 64.0 Å². The van der Waals surface area contributed by atoms with Crippen molar-refractivity contribution < 1.29 is 13.2 Å². The van der Waals surface area contributed by atoms with Crippen LogP contribution in [0.3, 0.4) is 0 Å². The van der Waals surface area contributed by atoms with E-state index in [2.05, 4.69) is 5.32 Å². The van der Waals surface area contributed by atoms with Crippen LogP contribution < -0.4 is 5.32 Å². The summed E-state index contributed by atoms with van der Waals surface area (Å²) in [5.41, 5.74) is 1.06. The highest BCUT2D eigenvalue weighted by molar-refractivity contribution is 7.89. The van der Waals surface area contributed by atoms with E-state index in [1.54, 1.807) is 23.5 Å². The molecule has 0 aliphatic carbocycles. The minimum atomic E-state index is -3.90. The highest BCUT2D eigenvalue weighted by Gasteiger charge is 2.37. The predicted octanol–water partition coefficient (Wildman–Crippen LogP) is 4.72. The Morgan fingerprint density at radius 1 is 1.13 bits per heavy atom. The Morgan fingerprint density at radius 3 is 2.60 bits per heavy atom. The number of halogens is 1. The van der Waals surface area contributed by atoms with Crippen LogP contribution in [0.2, 0.25) is 5.02 Å². The van der Waals surface area contributed by atoms with Crippen molar-refractivity contribution >= 4 is 49.0 Å². The van der Waals surface area contributed by atoms with Crippen LogP contribution in [-0.2, 0) is 21.4 Å². The lowest BCUT2D eigenvalue weighted by Gasteiger charge is -2.29. The van der Waals surface area contributed by atoms with E-state index in [0.717, 1.165) is 33.4 Å². The molecule has 1 N–H and O–H groups in total. The Balaban J connectivity index is 1.79. The summed E-state index contributed by atoms with van der Waals surface area (Å²) in [6.45, 7) is 2.74. The predicted molar refractivity (Wildman–Crippen MR) is 121 cm³/mol. The van der Waals surface area contributed by atoms with Gasteiger partial charge in [0.2, 0.25) is 15.9 Å². The zero-order chi connectivity index (χ0) is 21.3. The van der Waals surface area contributed by atoms with Crippen molar-refractivity contribution in [1.29, 1.82) is 0 Å². The van der Waals surface area contributed by atoms with Gasteiger partial charge in [-0.05, 0) is 67.5 Å². The second-order valence-corrected chi connectivity index (χ2v) is 10.9. The van der Waals surface area contributed by atoms with E-state index in [4.69, 9.17) is 11.6 Å². The van der Waals surface area contributed by atoms with Crippen LogP contribution in [0.25, 0.3) is 10.1 Å². The van der Waals surface area contributed by atoms with Gasteiger partial charge in [-0.1, -0.05) is 29.8 Å². The van der Waals surface area contributed by atoms with Gasteiger partial charge in [-0.2, -0.15) is 4.31 Å². The van der Waals surface area contributed by atoms with Crippen LogP contribution in [0.15, 0.2) is 53.4 Å². The number of thiophene rings is 1. The molecule has 0 bridgehead atoms. The minimum absolute atomic E-state index is 0.141. The van der Waals surface area contributed by atoms with Gasteiger partial charge in [0.05, 0.1) is 4.90 Å². The Hall–Kier alpha value is -1.93. The van der Waals surface area contributed by atoms with E-state index >= 15 is 0 Å². The number of sulfonamides is 1. The summed E-state index contributed by atoms with van der Waals surface area (Å²) in [5.74, 6) is -0.233. The van der Waals surface area contributed by atoms with Gasteiger partial charge in [0.1, 0.15) is 6.04 Å². The third-order valence-corrected chi connectivity index (χ3v) is 8.89. The van der Waals surface area contributed by atoms with E-state index < -0.39 is 16.1 Å². The number of rotatable bonds is 5. The fourth-order valence-electron chi connectivity index (χ4n) is 3.82. The number of fused-ring (bicyclic) bond motifs is 1.